The van der Waals surface area contributed by atoms with Crippen molar-refractivity contribution in [1.29, 1.82) is 0 Å². The topological polar surface area (TPSA) is 62.5 Å². The van der Waals surface area contributed by atoms with Gasteiger partial charge in [-0.25, -0.2) is 4.98 Å². The second-order valence-electron chi connectivity index (χ2n) is 10.5. The molecule has 3 aliphatic rings. The highest BCUT2D eigenvalue weighted by Gasteiger charge is 2.50. The molecule has 2 saturated heterocycles. The van der Waals surface area contributed by atoms with Crippen molar-refractivity contribution in [2.45, 2.75) is 70.4 Å². The predicted octanol–water partition coefficient (Wildman–Crippen LogP) is 4.89. The van der Waals surface area contributed by atoms with Crippen LogP contribution in [-0.4, -0.2) is 41.5 Å². The minimum absolute atomic E-state index is 0.418. The van der Waals surface area contributed by atoms with E-state index in [0.717, 1.165) is 24.9 Å². The van der Waals surface area contributed by atoms with Crippen molar-refractivity contribution in [3.8, 4) is 0 Å². The van der Waals surface area contributed by atoms with E-state index in [0.29, 0.717) is 22.9 Å². The average molecular weight is 433 g/mol. The fourth-order valence-electron chi connectivity index (χ4n) is 6.41. The summed E-state index contributed by atoms with van der Waals surface area (Å²) in [4.78, 5) is 21.0. The van der Waals surface area contributed by atoms with Gasteiger partial charge in [-0.15, -0.1) is 0 Å². The first-order valence-corrected chi connectivity index (χ1v) is 12.3. The highest BCUT2D eigenvalue weighted by molar-refractivity contribution is 5.92. The third-order valence-corrected chi connectivity index (χ3v) is 8.26. The van der Waals surface area contributed by atoms with Gasteiger partial charge in [0.05, 0.1) is 5.56 Å². The lowest BCUT2D eigenvalue weighted by Crippen LogP contribution is -2.55. The molecule has 1 spiro atoms. The summed E-state index contributed by atoms with van der Waals surface area (Å²) in [5, 5.41) is 0. The Labute approximate surface area is 192 Å². The van der Waals surface area contributed by atoms with Gasteiger partial charge in [0.1, 0.15) is 5.82 Å². The summed E-state index contributed by atoms with van der Waals surface area (Å²) >= 11 is 0. The van der Waals surface area contributed by atoms with Crippen LogP contribution in [0.15, 0.2) is 42.6 Å². The maximum Gasteiger partial charge on any atom is 0.250 e. The molecule has 2 aromatic rings. The summed E-state index contributed by atoms with van der Waals surface area (Å²) in [6.45, 7) is 7.99. The van der Waals surface area contributed by atoms with E-state index in [2.05, 4.69) is 52.9 Å². The number of carbonyl (C=O) groups excluding carboxylic acids is 1. The zero-order valence-electron chi connectivity index (χ0n) is 19.5. The molecular weight excluding hydrogens is 396 g/mol. The second-order valence-corrected chi connectivity index (χ2v) is 10.5. The fraction of sp³-hybridized carbons (Fsp3) is 0.556. The molecule has 5 nitrogen and oxygen atoms in total. The molecule has 1 aromatic heterocycles. The summed E-state index contributed by atoms with van der Waals surface area (Å²) in [6.07, 6.45) is 9.39. The lowest BCUT2D eigenvalue weighted by Gasteiger charge is -2.56. The van der Waals surface area contributed by atoms with Crippen molar-refractivity contribution in [3.05, 3.63) is 59.3 Å². The number of nitrogens with zero attached hydrogens (tertiary/aromatic N) is 3. The highest BCUT2D eigenvalue weighted by atomic mass is 16.1. The fourth-order valence-corrected chi connectivity index (χ4v) is 6.41. The number of aromatic nitrogens is 1. The maximum atomic E-state index is 11.3. The van der Waals surface area contributed by atoms with E-state index in [1.807, 2.05) is 6.07 Å². The first-order valence-electron chi connectivity index (χ1n) is 12.3. The van der Waals surface area contributed by atoms with Crippen LogP contribution in [0.1, 0.15) is 85.8 Å². The van der Waals surface area contributed by atoms with Gasteiger partial charge in [-0.2, -0.15) is 0 Å². The molecule has 5 heteroatoms. The lowest BCUT2D eigenvalue weighted by atomic mass is 9.60. The average Bonchev–Trinajstić information content (AvgIpc) is 3.27. The minimum Gasteiger partial charge on any atom is -0.366 e. The first kappa shape index (κ1) is 21.4. The Morgan fingerprint density at radius 1 is 1.09 bits per heavy atom. The highest BCUT2D eigenvalue weighted by Crippen LogP contribution is 2.54. The zero-order chi connectivity index (χ0) is 22.3. The number of likely N-dealkylation sites (tertiary alicyclic amines) is 1. The number of anilines is 1. The predicted molar refractivity (Wildman–Crippen MR) is 129 cm³/mol. The molecule has 3 fully saturated rings. The monoisotopic (exact) mass is 432 g/mol. The van der Waals surface area contributed by atoms with Crippen molar-refractivity contribution in [2.75, 3.05) is 24.5 Å². The van der Waals surface area contributed by atoms with E-state index in [9.17, 15) is 4.79 Å². The van der Waals surface area contributed by atoms with Crippen LogP contribution in [0.2, 0.25) is 0 Å². The molecule has 2 aliphatic heterocycles. The Kier molecular flexibility index (Phi) is 5.70. The number of piperidine rings is 1. The first-order chi connectivity index (χ1) is 15.5. The Morgan fingerprint density at radius 2 is 1.84 bits per heavy atom. The lowest BCUT2D eigenvalue weighted by molar-refractivity contribution is -0.0228. The molecule has 32 heavy (non-hydrogen) atoms. The number of pyridine rings is 1. The molecule has 170 valence electrons. The quantitative estimate of drug-likeness (QED) is 0.731. The van der Waals surface area contributed by atoms with Crippen molar-refractivity contribution in [2.24, 2.45) is 11.1 Å². The summed E-state index contributed by atoms with van der Waals surface area (Å²) in [6, 6.07) is 14.2. The summed E-state index contributed by atoms with van der Waals surface area (Å²) in [5.41, 5.74) is 9.43. The third kappa shape index (κ3) is 3.92. The Morgan fingerprint density at radius 3 is 2.50 bits per heavy atom. The molecule has 1 aliphatic carbocycles. The number of carbonyl (C=O) groups is 1. The van der Waals surface area contributed by atoms with Crippen LogP contribution in [0.3, 0.4) is 0 Å². The number of primary amides is 1. The molecule has 2 N–H and O–H groups in total. The van der Waals surface area contributed by atoms with E-state index in [4.69, 9.17) is 5.73 Å². The minimum atomic E-state index is -0.418. The summed E-state index contributed by atoms with van der Waals surface area (Å²) in [7, 11) is 0. The van der Waals surface area contributed by atoms with Crippen LogP contribution in [0.25, 0.3) is 0 Å². The van der Waals surface area contributed by atoms with Gasteiger partial charge in [-0.05, 0) is 79.7 Å². The van der Waals surface area contributed by atoms with Crippen LogP contribution < -0.4 is 10.6 Å². The molecular formula is C27H36N4O. The SMILES string of the molecule is CC(C)c1ccccc1C1CCCN1C1CC2(CCN(c3ccc(C(N)=O)cn3)CC2)C1. The standard InChI is InChI=1S/C27H36N4O/c1-19(2)22-6-3-4-7-23(22)24-8-5-13-31(24)21-16-27(17-21)11-14-30(15-12-27)25-10-9-20(18-29-25)26(28)32/h3-4,6-7,9-10,18-19,21,24H,5,8,11-17H2,1-2H3,(H2,28,32). The molecule has 0 radical (unpaired) electrons. The Bertz CT molecular complexity index is 954. The number of rotatable bonds is 5. The molecule has 1 amide bonds. The maximum absolute atomic E-state index is 11.3. The van der Waals surface area contributed by atoms with Crippen LogP contribution in [-0.2, 0) is 0 Å². The van der Waals surface area contributed by atoms with Crippen LogP contribution in [0.5, 0.6) is 0 Å². The van der Waals surface area contributed by atoms with Gasteiger partial charge in [0, 0.05) is 31.4 Å². The van der Waals surface area contributed by atoms with Gasteiger partial charge in [-0.1, -0.05) is 38.1 Å². The van der Waals surface area contributed by atoms with Gasteiger partial charge in [0.25, 0.3) is 0 Å². The Balaban J connectivity index is 1.20. The third-order valence-electron chi connectivity index (χ3n) is 8.26. The number of amides is 1. The number of nitrogens with two attached hydrogens (primary N) is 1. The van der Waals surface area contributed by atoms with Gasteiger partial charge in [-0.3, -0.25) is 9.69 Å². The normalized spacial score (nSPS) is 23.6. The molecule has 1 aromatic carbocycles. The van der Waals surface area contributed by atoms with Crippen LogP contribution in [0.4, 0.5) is 5.82 Å². The van der Waals surface area contributed by atoms with E-state index in [1.54, 1.807) is 17.8 Å². The van der Waals surface area contributed by atoms with E-state index < -0.39 is 5.91 Å². The molecule has 0 bridgehead atoms. The number of hydrogen-bond donors (Lipinski definition) is 1. The number of benzene rings is 1. The molecule has 5 rings (SSSR count). The van der Waals surface area contributed by atoms with E-state index >= 15 is 0 Å². The van der Waals surface area contributed by atoms with E-state index in [1.165, 1.54) is 50.6 Å². The second kappa shape index (κ2) is 8.51. The largest absolute Gasteiger partial charge is 0.366 e. The summed E-state index contributed by atoms with van der Waals surface area (Å²) < 4.78 is 0. The van der Waals surface area contributed by atoms with Crippen LogP contribution >= 0.6 is 0 Å². The molecule has 1 atom stereocenters. The number of hydrogen-bond acceptors (Lipinski definition) is 4. The van der Waals surface area contributed by atoms with Gasteiger partial charge in [0.2, 0.25) is 5.91 Å². The summed E-state index contributed by atoms with van der Waals surface area (Å²) in [5.74, 6) is 1.13. The van der Waals surface area contributed by atoms with E-state index in [-0.39, 0.29) is 0 Å². The zero-order valence-corrected chi connectivity index (χ0v) is 19.5. The van der Waals surface area contributed by atoms with Gasteiger partial charge >= 0.3 is 0 Å². The van der Waals surface area contributed by atoms with Crippen molar-refractivity contribution < 1.29 is 4.79 Å². The van der Waals surface area contributed by atoms with Crippen molar-refractivity contribution in [1.82, 2.24) is 9.88 Å². The van der Waals surface area contributed by atoms with Crippen LogP contribution in [0, 0.1) is 5.41 Å². The van der Waals surface area contributed by atoms with Gasteiger partial charge in [0.15, 0.2) is 0 Å². The van der Waals surface area contributed by atoms with Crippen molar-refractivity contribution in [3.63, 3.8) is 0 Å². The van der Waals surface area contributed by atoms with Gasteiger partial charge < -0.3 is 10.6 Å². The van der Waals surface area contributed by atoms with Crippen molar-refractivity contribution >= 4 is 11.7 Å². The smallest absolute Gasteiger partial charge is 0.250 e. The Hall–Kier alpha value is -2.40. The molecule has 1 unspecified atom stereocenters. The molecule has 3 heterocycles. The molecule has 1 saturated carbocycles.